The first-order valence-electron chi connectivity index (χ1n) is 13.0. The fourth-order valence-corrected chi connectivity index (χ4v) is 6.10. The van der Waals surface area contributed by atoms with Crippen LogP contribution in [0, 0.1) is 23.7 Å². The molecule has 2 N–H and O–H groups in total. The second-order valence-electron chi connectivity index (χ2n) is 13.9. The molecule has 0 aliphatic carbocycles. The van der Waals surface area contributed by atoms with Gasteiger partial charge in [-0.1, -0.05) is 61.5 Å². The summed E-state index contributed by atoms with van der Waals surface area (Å²) in [5.74, 6) is -0.230. The second kappa shape index (κ2) is 11.2. The third kappa shape index (κ3) is 7.27. The van der Waals surface area contributed by atoms with Crippen LogP contribution >= 0.6 is 0 Å². The molecule has 1 saturated heterocycles. The van der Waals surface area contributed by atoms with Crippen LogP contribution in [-0.2, 0) is 13.6 Å². The Morgan fingerprint density at radius 2 is 1.41 bits per heavy atom. The van der Waals surface area contributed by atoms with Crippen LogP contribution in [0.2, 0.25) is 36.3 Å². The van der Waals surface area contributed by atoms with Crippen molar-refractivity contribution in [1.82, 2.24) is 0 Å². The monoisotopic (exact) mass is 516 g/mol. The van der Waals surface area contributed by atoms with Crippen molar-refractivity contribution in [2.45, 2.75) is 116 Å². The van der Waals surface area contributed by atoms with E-state index in [4.69, 9.17) is 13.6 Å². The third-order valence-electron chi connectivity index (χ3n) is 9.31. The van der Waals surface area contributed by atoms with Crippen LogP contribution in [0.25, 0.3) is 0 Å². The molecule has 1 rings (SSSR count). The molecule has 7 heteroatoms. The summed E-state index contributed by atoms with van der Waals surface area (Å²) in [5, 5.41) is 21.6. The van der Waals surface area contributed by atoms with Gasteiger partial charge in [-0.15, -0.1) is 6.58 Å². The first-order chi connectivity index (χ1) is 15.2. The van der Waals surface area contributed by atoms with Gasteiger partial charge < -0.3 is 23.8 Å². The first-order valence-corrected chi connectivity index (χ1v) is 18.8. The van der Waals surface area contributed by atoms with E-state index in [9.17, 15) is 10.2 Å². The number of aliphatic hydroxyl groups is 2. The van der Waals surface area contributed by atoms with Gasteiger partial charge in [-0.05, 0) is 49.1 Å². The quantitative estimate of drug-likeness (QED) is 0.172. The van der Waals surface area contributed by atoms with Crippen molar-refractivity contribution in [2.75, 3.05) is 19.8 Å². The van der Waals surface area contributed by atoms with E-state index in [-0.39, 0.29) is 46.5 Å². The molecule has 0 bridgehead atoms. The molecule has 0 amide bonds. The Labute approximate surface area is 212 Å². The van der Waals surface area contributed by atoms with E-state index in [0.717, 1.165) is 0 Å². The molecule has 7 atom stereocenters. The van der Waals surface area contributed by atoms with Gasteiger partial charge >= 0.3 is 0 Å². The second-order valence-corrected chi connectivity index (χ2v) is 23.5. The lowest BCUT2D eigenvalue weighted by atomic mass is 9.75. The molecule has 0 saturated carbocycles. The zero-order chi connectivity index (χ0) is 26.9. The highest BCUT2D eigenvalue weighted by molar-refractivity contribution is 6.74. The van der Waals surface area contributed by atoms with Gasteiger partial charge in [0.2, 0.25) is 0 Å². The zero-order valence-electron chi connectivity index (χ0n) is 24.5. The van der Waals surface area contributed by atoms with Crippen molar-refractivity contribution < 1.29 is 23.8 Å². The van der Waals surface area contributed by atoms with Crippen LogP contribution in [0.1, 0.15) is 62.3 Å². The highest BCUT2D eigenvalue weighted by Crippen LogP contribution is 2.50. The standard InChI is InChI=1S/C27H56O5Si2/c1-15-21(17-30-33(11,12)25(4,5)6)23(29)22(18-31-34(13,14)26(7,8)9)20(3)27(10)24(32-27)19(2)16-28/h15,19-24,28-29H,1,16-18H2,2-14H3/t19-,20-,21-,22+,23+,24+,27?/m0/s1. The maximum Gasteiger partial charge on any atom is 0.192 e. The summed E-state index contributed by atoms with van der Waals surface area (Å²) in [6.07, 6.45) is 1.17. The Bertz CT molecular complexity index is 667. The Kier molecular flexibility index (Phi) is 10.5. The van der Waals surface area contributed by atoms with Crippen molar-refractivity contribution >= 4 is 16.6 Å². The van der Waals surface area contributed by atoms with E-state index in [0.29, 0.717) is 13.2 Å². The molecule has 1 aliphatic heterocycles. The van der Waals surface area contributed by atoms with Gasteiger partial charge in [0.25, 0.3) is 0 Å². The largest absolute Gasteiger partial charge is 0.416 e. The van der Waals surface area contributed by atoms with Crippen LogP contribution < -0.4 is 0 Å². The summed E-state index contributed by atoms with van der Waals surface area (Å²) < 4.78 is 19.3. The molecule has 1 unspecified atom stereocenters. The Hall–Kier alpha value is -0.0262. The molecule has 0 aromatic rings. The highest BCUT2D eigenvalue weighted by Gasteiger charge is 2.60. The fourth-order valence-electron chi connectivity index (χ4n) is 4.01. The summed E-state index contributed by atoms with van der Waals surface area (Å²) in [7, 11) is -3.96. The predicted molar refractivity (Wildman–Crippen MR) is 148 cm³/mol. The SMILES string of the molecule is C=C[C@@H](CO[Si](C)(C)C(C)(C)C)[C@@H](O)[C@H](CO[Si](C)(C)C(C)(C)C)[C@H](C)C1(C)O[C@@H]1[C@@H](C)CO. The minimum absolute atomic E-state index is 0.0132. The molecular formula is C27H56O5Si2. The van der Waals surface area contributed by atoms with Crippen molar-refractivity contribution in [3.05, 3.63) is 12.7 Å². The van der Waals surface area contributed by atoms with E-state index < -0.39 is 28.3 Å². The highest BCUT2D eigenvalue weighted by atomic mass is 28.4. The summed E-state index contributed by atoms with van der Waals surface area (Å²) >= 11 is 0. The van der Waals surface area contributed by atoms with Gasteiger partial charge in [0.05, 0.1) is 17.8 Å². The molecule has 1 fully saturated rings. The molecule has 202 valence electrons. The number of rotatable bonds is 13. The summed E-state index contributed by atoms with van der Waals surface area (Å²) in [6.45, 7) is 33.7. The summed E-state index contributed by atoms with van der Waals surface area (Å²) in [5.41, 5.74) is -0.392. The molecule has 1 aliphatic rings. The lowest BCUT2D eigenvalue weighted by Gasteiger charge is -2.41. The minimum Gasteiger partial charge on any atom is -0.416 e. The van der Waals surface area contributed by atoms with E-state index in [1.54, 1.807) is 0 Å². The van der Waals surface area contributed by atoms with Crippen LogP contribution in [0.5, 0.6) is 0 Å². The van der Waals surface area contributed by atoms with Gasteiger partial charge in [-0.2, -0.15) is 0 Å². The molecule has 0 aromatic heterocycles. The fraction of sp³-hybridized carbons (Fsp3) is 0.926. The van der Waals surface area contributed by atoms with Crippen LogP contribution in [0.3, 0.4) is 0 Å². The van der Waals surface area contributed by atoms with Crippen LogP contribution in [-0.4, -0.2) is 64.5 Å². The zero-order valence-corrected chi connectivity index (χ0v) is 26.5. The predicted octanol–water partition coefficient (Wildman–Crippen LogP) is 6.23. The van der Waals surface area contributed by atoms with Crippen LogP contribution in [0.4, 0.5) is 0 Å². The topological polar surface area (TPSA) is 71.5 Å². The van der Waals surface area contributed by atoms with Crippen molar-refractivity contribution in [1.29, 1.82) is 0 Å². The molecule has 1 heterocycles. The van der Waals surface area contributed by atoms with E-state index in [1.807, 2.05) is 13.0 Å². The Balaban J connectivity index is 3.16. The lowest BCUT2D eigenvalue weighted by molar-refractivity contribution is -0.0161. The average Bonchev–Trinajstić information content (AvgIpc) is 3.39. The lowest BCUT2D eigenvalue weighted by Crippen LogP contribution is -2.48. The Morgan fingerprint density at radius 1 is 0.971 bits per heavy atom. The normalized spacial score (nSPS) is 26.5. The van der Waals surface area contributed by atoms with Gasteiger partial charge in [0, 0.05) is 37.6 Å². The van der Waals surface area contributed by atoms with Gasteiger partial charge in [-0.25, -0.2) is 0 Å². The van der Waals surface area contributed by atoms with E-state index in [2.05, 4.69) is 88.2 Å². The number of hydrogen-bond acceptors (Lipinski definition) is 5. The van der Waals surface area contributed by atoms with Gasteiger partial charge in [-0.3, -0.25) is 0 Å². The van der Waals surface area contributed by atoms with Crippen molar-refractivity contribution in [3.8, 4) is 0 Å². The molecule has 0 radical (unpaired) electrons. The molecule has 34 heavy (non-hydrogen) atoms. The number of ether oxygens (including phenoxy) is 1. The maximum atomic E-state index is 11.7. The third-order valence-corrected chi connectivity index (χ3v) is 18.3. The summed E-state index contributed by atoms with van der Waals surface area (Å²) in [4.78, 5) is 0. The van der Waals surface area contributed by atoms with Crippen LogP contribution in [0.15, 0.2) is 12.7 Å². The van der Waals surface area contributed by atoms with E-state index in [1.165, 1.54) is 0 Å². The molecule has 5 nitrogen and oxygen atoms in total. The number of hydrogen-bond donors (Lipinski definition) is 2. The molecular weight excluding hydrogens is 460 g/mol. The van der Waals surface area contributed by atoms with Gasteiger partial charge in [0.1, 0.15) is 0 Å². The molecule has 0 aromatic carbocycles. The minimum atomic E-state index is -2.00. The summed E-state index contributed by atoms with van der Waals surface area (Å²) in [6, 6.07) is 0. The molecule has 0 spiro atoms. The smallest absolute Gasteiger partial charge is 0.192 e. The average molecular weight is 517 g/mol. The van der Waals surface area contributed by atoms with Crippen molar-refractivity contribution in [3.63, 3.8) is 0 Å². The Morgan fingerprint density at radius 3 is 1.79 bits per heavy atom. The number of aliphatic hydroxyl groups excluding tert-OH is 2. The maximum absolute atomic E-state index is 11.7. The van der Waals surface area contributed by atoms with Gasteiger partial charge in [0.15, 0.2) is 16.6 Å². The number of epoxide rings is 1. The van der Waals surface area contributed by atoms with E-state index >= 15 is 0 Å². The van der Waals surface area contributed by atoms with Crippen molar-refractivity contribution in [2.24, 2.45) is 23.7 Å². The first kappa shape index (κ1) is 32.0.